The predicted molar refractivity (Wildman–Crippen MR) is 135 cm³/mol. The van der Waals surface area contributed by atoms with Crippen molar-refractivity contribution < 1.29 is 36.3 Å². The molecule has 0 saturated carbocycles. The maximum absolute atomic E-state index is 14.0. The number of alkyl halides is 4. The highest BCUT2D eigenvalue weighted by atomic mass is 19.4. The van der Waals surface area contributed by atoms with E-state index in [0.29, 0.717) is 43.7 Å². The molecule has 2 atom stereocenters. The number of aromatic amines is 1. The molecule has 3 heterocycles. The first kappa shape index (κ1) is 31.0. The molecular formula is C26H33F5N6O3. The molecule has 9 nitrogen and oxygen atoms in total. The van der Waals surface area contributed by atoms with Crippen LogP contribution in [0.1, 0.15) is 51.2 Å². The molecule has 1 aromatic rings. The van der Waals surface area contributed by atoms with Crippen LogP contribution in [0.25, 0.3) is 0 Å². The number of likely N-dealkylation sites (tertiary alicyclic amines) is 1. The second kappa shape index (κ2) is 13.7. The number of aryl methyl sites for hydroxylation is 1. The maximum atomic E-state index is 14.0. The van der Waals surface area contributed by atoms with Gasteiger partial charge in [0.15, 0.2) is 5.82 Å². The quantitative estimate of drug-likeness (QED) is 0.378. The van der Waals surface area contributed by atoms with Crippen molar-refractivity contribution in [1.29, 1.82) is 0 Å². The van der Waals surface area contributed by atoms with E-state index in [1.54, 1.807) is 22.8 Å². The zero-order valence-corrected chi connectivity index (χ0v) is 22.3. The summed E-state index contributed by atoms with van der Waals surface area (Å²) < 4.78 is 63.8. The highest BCUT2D eigenvalue weighted by Crippen LogP contribution is 2.27. The van der Waals surface area contributed by atoms with Crippen LogP contribution in [0.5, 0.6) is 0 Å². The van der Waals surface area contributed by atoms with E-state index in [0.717, 1.165) is 18.9 Å². The lowest BCUT2D eigenvalue weighted by atomic mass is 9.91. The molecule has 0 bridgehead atoms. The molecule has 0 aromatic carbocycles. The van der Waals surface area contributed by atoms with Crippen molar-refractivity contribution in [2.45, 2.75) is 70.8 Å². The first-order valence-corrected chi connectivity index (χ1v) is 13.0. The second-order valence-electron chi connectivity index (χ2n) is 9.98. The predicted octanol–water partition coefficient (Wildman–Crippen LogP) is 4.11. The zero-order valence-electron chi connectivity index (χ0n) is 22.3. The monoisotopic (exact) mass is 572 g/mol. The largest absolute Gasteiger partial charge is 0.396 e. The number of halogens is 5. The van der Waals surface area contributed by atoms with Gasteiger partial charge in [0.2, 0.25) is 11.8 Å². The number of nitrogens with one attached hydrogen (secondary N) is 2. The van der Waals surface area contributed by atoms with Gasteiger partial charge in [-0.25, -0.2) is 18.6 Å². The van der Waals surface area contributed by atoms with E-state index in [1.165, 1.54) is 12.2 Å². The fourth-order valence-electron chi connectivity index (χ4n) is 4.76. The third-order valence-corrected chi connectivity index (χ3v) is 6.89. The Morgan fingerprint density at radius 1 is 1.23 bits per heavy atom. The molecular weight excluding hydrogens is 539 g/mol. The van der Waals surface area contributed by atoms with Crippen molar-refractivity contribution in [1.82, 2.24) is 30.3 Å². The summed E-state index contributed by atoms with van der Waals surface area (Å²) in [6.45, 7) is 4.86. The molecule has 2 saturated heterocycles. The smallest absolute Gasteiger partial charge is 0.343 e. The summed E-state index contributed by atoms with van der Waals surface area (Å²) in [7, 11) is 0. The average Bonchev–Trinajstić information content (AvgIpc) is 3.40. The van der Waals surface area contributed by atoms with Crippen molar-refractivity contribution in [3.63, 3.8) is 0 Å². The fraction of sp³-hybridized carbons (Fsp3) is 0.577. The minimum Gasteiger partial charge on any atom is -0.343 e. The summed E-state index contributed by atoms with van der Waals surface area (Å²) in [6, 6.07) is -0.215. The lowest BCUT2D eigenvalue weighted by Gasteiger charge is -2.35. The summed E-state index contributed by atoms with van der Waals surface area (Å²) in [6.07, 6.45) is 1.28. The van der Waals surface area contributed by atoms with E-state index < -0.39 is 24.6 Å². The number of amides is 4. The average molecular weight is 573 g/mol. The van der Waals surface area contributed by atoms with Gasteiger partial charge in [-0.1, -0.05) is 19.1 Å². The number of carbonyl (C=O) groups excluding carboxylic acids is 3. The van der Waals surface area contributed by atoms with Crippen molar-refractivity contribution in [3.8, 4) is 0 Å². The number of rotatable bonds is 7. The number of piperidine rings is 1. The van der Waals surface area contributed by atoms with Crippen LogP contribution >= 0.6 is 0 Å². The van der Waals surface area contributed by atoms with E-state index >= 15 is 0 Å². The summed E-state index contributed by atoms with van der Waals surface area (Å²) in [5.74, 6) is -0.816. The van der Waals surface area contributed by atoms with Crippen LogP contribution < -0.4 is 5.32 Å². The molecule has 2 N–H and O–H groups in total. The van der Waals surface area contributed by atoms with Crippen molar-refractivity contribution in [3.05, 3.63) is 47.4 Å². The number of H-pyrrole nitrogens is 1. The van der Waals surface area contributed by atoms with E-state index in [1.807, 2.05) is 6.92 Å². The Hall–Kier alpha value is -3.58. The molecule has 4 rings (SSSR count). The van der Waals surface area contributed by atoms with Crippen LogP contribution in [-0.4, -0.2) is 80.9 Å². The van der Waals surface area contributed by atoms with Crippen LogP contribution in [-0.2, 0) is 22.4 Å². The van der Waals surface area contributed by atoms with Crippen LogP contribution in [0.3, 0.4) is 0 Å². The van der Waals surface area contributed by atoms with Gasteiger partial charge in [-0.15, -0.1) is 0 Å². The van der Waals surface area contributed by atoms with Crippen LogP contribution in [0.15, 0.2) is 35.7 Å². The standard InChI is InChI=1S/C16H18F5N3.C10H15N3O3/c1-10(12-6-3-5-11(17)8-13(12)18)4-2-7-14-22-15(24-23-14)9-16(19,20)21;1-7(14)12-4-2-8(3-5-12)13-6-9(15)11-10(13)16/h3,5-6,8,10,13H,2,4,7,9H2,1H3,(H,22,23,24);8H,2-6H2,1H3,(H,11,15,16). The SMILES string of the molecule is CC(=O)N1CCC(N2CC(=O)NC2=O)CC1.CC(CCCc1n[nH]c(CC(F)(F)F)n1)C1=CC=CC(F)=CC1F. The molecule has 14 heteroatoms. The Morgan fingerprint density at radius 2 is 1.93 bits per heavy atom. The van der Waals surface area contributed by atoms with Gasteiger partial charge < -0.3 is 9.80 Å². The summed E-state index contributed by atoms with van der Waals surface area (Å²) in [4.78, 5) is 40.7. The molecule has 0 radical (unpaired) electrons. The fourth-order valence-corrected chi connectivity index (χ4v) is 4.76. The second-order valence-corrected chi connectivity index (χ2v) is 9.98. The van der Waals surface area contributed by atoms with Gasteiger partial charge in [0.1, 0.15) is 30.8 Å². The van der Waals surface area contributed by atoms with Gasteiger partial charge in [-0.05, 0) is 49.3 Å². The molecule has 2 unspecified atom stereocenters. The minimum atomic E-state index is -4.33. The van der Waals surface area contributed by atoms with Gasteiger partial charge in [-0.2, -0.15) is 18.3 Å². The molecule has 40 heavy (non-hydrogen) atoms. The van der Waals surface area contributed by atoms with E-state index in [-0.39, 0.29) is 42.2 Å². The molecule has 3 aliphatic rings. The number of hydrogen-bond acceptors (Lipinski definition) is 5. The number of imide groups is 1. The minimum absolute atomic E-state index is 0.0698. The third-order valence-electron chi connectivity index (χ3n) is 6.89. The summed E-state index contributed by atoms with van der Waals surface area (Å²) in [5, 5.41) is 8.29. The number of carbonyl (C=O) groups is 3. The van der Waals surface area contributed by atoms with Crippen molar-refractivity contribution in [2.75, 3.05) is 19.6 Å². The molecule has 220 valence electrons. The highest BCUT2D eigenvalue weighted by molar-refractivity contribution is 6.02. The Labute approximate surface area is 228 Å². The van der Waals surface area contributed by atoms with E-state index in [9.17, 15) is 36.3 Å². The molecule has 0 spiro atoms. The summed E-state index contributed by atoms with van der Waals surface area (Å²) >= 11 is 0. The highest BCUT2D eigenvalue weighted by Gasteiger charge is 2.35. The first-order valence-electron chi connectivity index (χ1n) is 13.0. The van der Waals surface area contributed by atoms with Crippen LogP contribution in [0, 0.1) is 5.92 Å². The Bertz CT molecular complexity index is 1150. The Balaban J connectivity index is 0.000000238. The van der Waals surface area contributed by atoms with Gasteiger partial charge >= 0.3 is 12.2 Å². The lowest BCUT2D eigenvalue weighted by molar-refractivity contribution is -0.130. The van der Waals surface area contributed by atoms with E-state index in [2.05, 4.69) is 20.5 Å². The van der Waals surface area contributed by atoms with Gasteiger partial charge in [0, 0.05) is 32.5 Å². The topological polar surface area (TPSA) is 111 Å². The molecule has 2 aliphatic heterocycles. The summed E-state index contributed by atoms with van der Waals surface area (Å²) in [5.41, 5.74) is 0.478. The maximum Gasteiger partial charge on any atom is 0.396 e. The number of urea groups is 1. The van der Waals surface area contributed by atoms with Gasteiger partial charge in [0.25, 0.3) is 0 Å². The Morgan fingerprint density at radius 3 is 2.52 bits per heavy atom. The molecule has 1 aliphatic carbocycles. The lowest BCUT2D eigenvalue weighted by Crippen LogP contribution is -2.47. The number of nitrogens with zero attached hydrogens (tertiary/aromatic N) is 4. The number of aromatic nitrogens is 3. The molecule has 2 fully saturated rings. The van der Waals surface area contributed by atoms with Crippen LogP contribution in [0.2, 0.25) is 0 Å². The number of allylic oxidation sites excluding steroid dienone is 6. The van der Waals surface area contributed by atoms with Crippen molar-refractivity contribution in [2.24, 2.45) is 5.92 Å². The van der Waals surface area contributed by atoms with Crippen LogP contribution in [0.4, 0.5) is 26.7 Å². The first-order chi connectivity index (χ1) is 18.8. The van der Waals surface area contributed by atoms with Crippen molar-refractivity contribution >= 4 is 17.8 Å². The number of hydrogen-bond donors (Lipinski definition) is 2. The van der Waals surface area contributed by atoms with Gasteiger partial charge in [-0.3, -0.25) is 20.0 Å². The Kier molecular flexibility index (Phi) is 10.6. The normalized spacial score (nSPS) is 20.8. The third kappa shape index (κ3) is 9.26. The molecule has 4 amide bonds. The zero-order chi connectivity index (χ0) is 29.4. The molecule has 1 aromatic heterocycles. The van der Waals surface area contributed by atoms with Gasteiger partial charge in [0.05, 0.1) is 0 Å². The van der Waals surface area contributed by atoms with E-state index in [4.69, 9.17) is 0 Å².